The zero-order valence-corrected chi connectivity index (χ0v) is 19.2. The summed E-state index contributed by atoms with van der Waals surface area (Å²) in [5, 5.41) is 2.73. The maximum atomic E-state index is 6.17. The van der Waals surface area contributed by atoms with Gasteiger partial charge in [-0.15, -0.1) is 0 Å². The van der Waals surface area contributed by atoms with Crippen molar-refractivity contribution in [2.75, 3.05) is 13.2 Å². The molecule has 0 aliphatic rings. The van der Waals surface area contributed by atoms with Crippen molar-refractivity contribution in [3.8, 4) is 0 Å². The second-order valence-electron chi connectivity index (χ2n) is 7.16. The quantitative estimate of drug-likeness (QED) is 0.481. The highest BCUT2D eigenvalue weighted by Crippen LogP contribution is 2.02. The normalized spacial score (nSPS) is 13.2. The van der Waals surface area contributed by atoms with Gasteiger partial charge in [0.2, 0.25) is 18.1 Å². The first-order chi connectivity index (χ1) is 13.7. The minimum absolute atomic E-state index is 0.799. The Hall–Kier alpha value is -1.99. The van der Waals surface area contributed by atoms with E-state index in [9.17, 15) is 0 Å². The van der Waals surface area contributed by atoms with Gasteiger partial charge in [-0.25, -0.2) is 0 Å². The molecule has 28 heavy (non-hydrogen) atoms. The van der Waals surface area contributed by atoms with Crippen molar-refractivity contribution in [1.82, 2.24) is 0 Å². The zero-order chi connectivity index (χ0) is 19.6. The first-order valence-corrected chi connectivity index (χ1v) is 14.5. The molecule has 2 nitrogen and oxygen atoms in total. The van der Waals surface area contributed by atoms with Gasteiger partial charge in [0.25, 0.3) is 0 Å². The van der Waals surface area contributed by atoms with Gasteiger partial charge in [-0.2, -0.15) is 0 Å². The van der Waals surface area contributed by atoms with Gasteiger partial charge >= 0.3 is 0 Å². The van der Waals surface area contributed by atoms with Crippen LogP contribution in [0.5, 0.6) is 0 Å². The summed E-state index contributed by atoms with van der Waals surface area (Å²) < 4.78 is 12.3. The van der Waals surface area contributed by atoms with Crippen LogP contribution in [-0.4, -0.2) is 31.3 Å². The van der Waals surface area contributed by atoms with Crippen molar-refractivity contribution < 1.29 is 8.85 Å². The summed E-state index contributed by atoms with van der Waals surface area (Å²) >= 11 is 0. The molecule has 3 rings (SSSR count). The van der Waals surface area contributed by atoms with Gasteiger partial charge in [0.1, 0.15) is 0 Å². The number of benzene rings is 3. The predicted octanol–water partition coefficient (Wildman–Crippen LogP) is 3.33. The molecule has 4 heteroatoms. The fourth-order valence-corrected chi connectivity index (χ4v) is 6.02. The average Bonchev–Trinajstić information content (AvgIpc) is 2.75. The molecule has 0 aromatic heterocycles. The maximum Gasteiger partial charge on any atom is 0.205 e. The van der Waals surface area contributed by atoms with Crippen molar-refractivity contribution >= 4 is 28.5 Å². The first-order valence-electron chi connectivity index (χ1n) is 10.1. The van der Waals surface area contributed by atoms with Crippen molar-refractivity contribution in [2.45, 2.75) is 25.9 Å². The monoisotopic (exact) mass is 406 g/mol. The van der Waals surface area contributed by atoms with Gasteiger partial charge in [0.15, 0.2) is 0 Å². The molecule has 146 valence electrons. The zero-order valence-electron chi connectivity index (χ0n) is 16.9. The van der Waals surface area contributed by atoms with Gasteiger partial charge in [-0.1, -0.05) is 84.9 Å². The van der Waals surface area contributed by atoms with Crippen LogP contribution < -0.4 is 10.4 Å². The highest BCUT2D eigenvalue weighted by atomic mass is 28.3. The van der Waals surface area contributed by atoms with E-state index in [1.807, 2.05) is 0 Å². The van der Waals surface area contributed by atoms with E-state index in [1.54, 1.807) is 0 Å². The Morgan fingerprint density at radius 1 is 0.536 bits per heavy atom. The molecule has 0 spiro atoms. The molecule has 2 unspecified atom stereocenters. The molecule has 0 fully saturated rings. The van der Waals surface area contributed by atoms with Crippen LogP contribution in [0.1, 0.15) is 11.1 Å². The van der Waals surface area contributed by atoms with Crippen LogP contribution in [0.25, 0.3) is 0 Å². The number of hydrogen-bond donors (Lipinski definition) is 0. The molecule has 0 amide bonds. The topological polar surface area (TPSA) is 18.5 Å². The smallest absolute Gasteiger partial charge is 0.205 e. The lowest BCUT2D eigenvalue weighted by Gasteiger charge is -2.15. The molecule has 0 saturated carbocycles. The lowest BCUT2D eigenvalue weighted by atomic mass is 10.2. The molecular weight excluding hydrogens is 376 g/mol. The standard InChI is InChI=1S/C24H30O2Si2/c1-27(25-19-17-21-9-5-3-6-10-21)23-13-15-24(16-14-23)28(2)26-20-18-22-11-7-4-8-12-22/h3-16,27-28H,17-20H2,1-2H3. The predicted molar refractivity (Wildman–Crippen MR) is 124 cm³/mol. The highest BCUT2D eigenvalue weighted by molar-refractivity contribution is 6.68. The van der Waals surface area contributed by atoms with Crippen LogP contribution in [0, 0.1) is 0 Å². The lowest BCUT2D eigenvalue weighted by molar-refractivity contribution is 0.334. The summed E-state index contributed by atoms with van der Waals surface area (Å²) in [5.41, 5.74) is 2.68. The Labute approximate surface area is 172 Å². The minimum atomic E-state index is -1.34. The average molecular weight is 407 g/mol. The molecule has 0 heterocycles. The van der Waals surface area contributed by atoms with Crippen molar-refractivity contribution in [1.29, 1.82) is 0 Å². The van der Waals surface area contributed by atoms with Crippen LogP contribution in [0.2, 0.25) is 13.1 Å². The second-order valence-corrected chi connectivity index (χ2v) is 11.7. The molecule has 0 bridgehead atoms. The van der Waals surface area contributed by atoms with Gasteiger partial charge in [-0.3, -0.25) is 0 Å². The summed E-state index contributed by atoms with van der Waals surface area (Å²) in [4.78, 5) is 0. The summed E-state index contributed by atoms with van der Waals surface area (Å²) in [7, 11) is -2.68. The van der Waals surface area contributed by atoms with E-state index in [4.69, 9.17) is 8.85 Å². The SMILES string of the molecule is C[SiH](OCCc1ccccc1)c1ccc([SiH](C)OCCc2ccccc2)cc1. The Morgan fingerprint density at radius 3 is 1.25 bits per heavy atom. The molecule has 0 aliphatic heterocycles. The Bertz CT molecular complexity index is 737. The first kappa shape index (κ1) is 20.7. The molecule has 2 atom stereocenters. The van der Waals surface area contributed by atoms with Crippen LogP contribution in [0.4, 0.5) is 0 Å². The molecule has 3 aromatic carbocycles. The van der Waals surface area contributed by atoms with E-state index in [0.717, 1.165) is 26.1 Å². The van der Waals surface area contributed by atoms with E-state index in [0.29, 0.717) is 0 Å². The van der Waals surface area contributed by atoms with E-state index in [2.05, 4.69) is 98.0 Å². The lowest BCUT2D eigenvalue weighted by Crippen LogP contribution is -2.35. The minimum Gasteiger partial charge on any atom is -0.415 e. The summed E-state index contributed by atoms with van der Waals surface area (Å²) in [6.07, 6.45) is 1.96. The molecule has 3 aromatic rings. The molecule has 0 radical (unpaired) electrons. The fraction of sp³-hybridized carbons (Fsp3) is 0.250. The van der Waals surface area contributed by atoms with Gasteiger partial charge in [-0.05, 0) is 47.4 Å². The summed E-state index contributed by atoms with van der Waals surface area (Å²) in [6.45, 7) is 6.12. The van der Waals surface area contributed by atoms with E-state index >= 15 is 0 Å². The van der Waals surface area contributed by atoms with Gasteiger partial charge < -0.3 is 8.85 Å². The third-order valence-corrected chi connectivity index (χ3v) is 9.20. The molecule has 0 N–H and O–H groups in total. The van der Waals surface area contributed by atoms with Crippen LogP contribution in [0.15, 0.2) is 84.9 Å². The van der Waals surface area contributed by atoms with Gasteiger partial charge in [0.05, 0.1) is 0 Å². The third-order valence-electron chi connectivity index (χ3n) is 5.08. The fourth-order valence-electron chi connectivity index (χ4n) is 3.23. The van der Waals surface area contributed by atoms with E-state index < -0.39 is 18.1 Å². The van der Waals surface area contributed by atoms with Crippen molar-refractivity contribution in [3.63, 3.8) is 0 Å². The largest absolute Gasteiger partial charge is 0.415 e. The number of hydrogen-bond acceptors (Lipinski definition) is 2. The Balaban J connectivity index is 1.42. The second kappa shape index (κ2) is 11.1. The molecule has 0 saturated heterocycles. The Morgan fingerprint density at radius 2 is 0.893 bits per heavy atom. The maximum absolute atomic E-state index is 6.17. The Kier molecular flexibility index (Phi) is 8.24. The van der Waals surface area contributed by atoms with Crippen LogP contribution in [-0.2, 0) is 21.7 Å². The van der Waals surface area contributed by atoms with Gasteiger partial charge in [0, 0.05) is 13.2 Å². The van der Waals surface area contributed by atoms with E-state index in [1.165, 1.54) is 21.5 Å². The number of rotatable bonds is 10. The summed E-state index contributed by atoms with van der Waals surface area (Å²) in [6, 6.07) is 30.1. The molecular formula is C24H30O2Si2. The van der Waals surface area contributed by atoms with Crippen molar-refractivity contribution in [2.24, 2.45) is 0 Å². The molecule has 0 aliphatic carbocycles. The van der Waals surface area contributed by atoms with Crippen LogP contribution >= 0.6 is 0 Å². The van der Waals surface area contributed by atoms with Crippen LogP contribution in [0.3, 0.4) is 0 Å². The van der Waals surface area contributed by atoms with Crippen molar-refractivity contribution in [3.05, 3.63) is 96.1 Å². The third kappa shape index (κ3) is 6.57. The van der Waals surface area contributed by atoms with E-state index in [-0.39, 0.29) is 0 Å². The highest BCUT2D eigenvalue weighted by Gasteiger charge is 2.12. The summed E-state index contributed by atoms with van der Waals surface area (Å²) in [5.74, 6) is 0.